The number of hydrogen-bond donors (Lipinski definition) is 3. The lowest BCUT2D eigenvalue weighted by molar-refractivity contribution is 0.0544. The molecule has 2 unspecified atom stereocenters. The molecule has 0 spiro atoms. The summed E-state index contributed by atoms with van der Waals surface area (Å²) in [6.45, 7) is 6.02. The van der Waals surface area contributed by atoms with Gasteiger partial charge in [0, 0.05) is 19.6 Å². The molecular weight excluding hydrogens is 374 g/mol. The van der Waals surface area contributed by atoms with Crippen LogP contribution in [0.4, 0.5) is 0 Å². The highest BCUT2D eigenvalue weighted by Gasteiger charge is 2.14. The number of aliphatic hydroxyl groups excluding tert-OH is 3. The van der Waals surface area contributed by atoms with Crippen LogP contribution < -0.4 is 0 Å². The molecule has 0 aromatic rings. The van der Waals surface area contributed by atoms with E-state index in [9.17, 15) is 15.3 Å². The lowest BCUT2D eigenvalue weighted by atomic mass is 10.1. The van der Waals surface area contributed by atoms with Crippen molar-refractivity contribution in [2.24, 2.45) is 0 Å². The zero-order valence-electron chi connectivity index (χ0n) is 20.0. The largest absolute Gasteiger partial charge is 0.395 e. The van der Waals surface area contributed by atoms with Crippen LogP contribution in [0.25, 0.3) is 0 Å². The molecule has 2 atom stereocenters. The Balaban J connectivity index is 3.94. The van der Waals surface area contributed by atoms with Crippen LogP contribution in [0.5, 0.6) is 0 Å². The van der Waals surface area contributed by atoms with Crippen LogP contribution in [0.3, 0.4) is 0 Å². The summed E-state index contributed by atoms with van der Waals surface area (Å²) in [6, 6.07) is 0. The van der Waals surface area contributed by atoms with E-state index in [1.807, 2.05) is 4.90 Å². The summed E-state index contributed by atoms with van der Waals surface area (Å²) in [5, 5.41) is 29.9. The minimum atomic E-state index is -0.420. The summed E-state index contributed by atoms with van der Waals surface area (Å²) in [4.78, 5) is 1.98. The standard InChI is InChI=1S/C26H51NO3/c1-3-5-7-9-11-13-15-17-19-25(29)23-27(21-22-28)24-26(30)20-18-16-14-12-10-8-6-4-2/h13-16,25-26,28-30H,3-12,17-24H2,1-2H3/b15-13+,16-14+. The second kappa shape index (κ2) is 23.0. The van der Waals surface area contributed by atoms with E-state index in [1.54, 1.807) is 0 Å². The Labute approximate surface area is 187 Å². The van der Waals surface area contributed by atoms with Gasteiger partial charge in [0.05, 0.1) is 18.8 Å². The predicted octanol–water partition coefficient (Wildman–Crippen LogP) is 5.62. The monoisotopic (exact) mass is 425 g/mol. The van der Waals surface area contributed by atoms with Crippen LogP contribution in [0.15, 0.2) is 24.3 Å². The average Bonchev–Trinajstić information content (AvgIpc) is 2.72. The fourth-order valence-electron chi connectivity index (χ4n) is 3.60. The summed E-state index contributed by atoms with van der Waals surface area (Å²) < 4.78 is 0. The molecule has 4 heteroatoms. The number of hydrogen-bond acceptors (Lipinski definition) is 4. The average molecular weight is 426 g/mol. The lowest BCUT2D eigenvalue weighted by Gasteiger charge is -2.26. The minimum absolute atomic E-state index is 0.0504. The van der Waals surface area contributed by atoms with Crippen LogP contribution in [0, 0.1) is 0 Å². The van der Waals surface area contributed by atoms with Crippen LogP contribution in [-0.2, 0) is 0 Å². The smallest absolute Gasteiger partial charge is 0.0670 e. The number of unbranched alkanes of at least 4 members (excludes halogenated alkanes) is 8. The molecule has 4 nitrogen and oxygen atoms in total. The molecule has 0 heterocycles. The van der Waals surface area contributed by atoms with Gasteiger partial charge in [-0.15, -0.1) is 0 Å². The molecule has 0 fully saturated rings. The molecule has 30 heavy (non-hydrogen) atoms. The molecule has 0 radical (unpaired) electrons. The number of nitrogens with zero attached hydrogens (tertiary/aromatic N) is 1. The molecule has 178 valence electrons. The zero-order valence-corrected chi connectivity index (χ0v) is 20.0. The molecule has 3 N–H and O–H groups in total. The van der Waals surface area contributed by atoms with E-state index in [0.717, 1.165) is 38.5 Å². The SMILES string of the molecule is CCCCCC/C=C/CCC(O)CN(CCO)CC(O)CC/C=C/CCCCCC. The van der Waals surface area contributed by atoms with E-state index < -0.39 is 12.2 Å². The Morgan fingerprint density at radius 2 is 1.07 bits per heavy atom. The predicted molar refractivity (Wildman–Crippen MR) is 130 cm³/mol. The minimum Gasteiger partial charge on any atom is -0.395 e. The van der Waals surface area contributed by atoms with Gasteiger partial charge in [-0.25, -0.2) is 0 Å². The summed E-state index contributed by atoms with van der Waals surface area (Å²) in [7, 11) is 0. The van der Waals surface area contributed by atoms with Crippen molar-refractivity contribution in [1.29, 1.82) is 0 Å². The highest BCUT2D eigenvalue weighted by molar-refractivity contribution is 4.84. The van der Waals surface area contributed by atoms with Crippen LogP contribution in [0.1, 0.15) is 104 Å². The van der Waals surface area contributed by atoms with Crippen molar-refractivity contribution in [3.05, 3.63) is 24.3 Å². The van der Waals surface area contributed by atoms with Gasteiger partial charge in [-0.05, 0) is 51.4 Å². The molecule has 0 aliphatic heterocycles. The zero-order chi connectivity index (χ0) is 22.3. The van der Waals surface area contributed by atoms with Crippen molar-refractivity contribution in [2.45, 2.75) is 116 Å². The van der Waals surface area contributed by atoms with E-state index in [-0.39, 0.29) is 6.61 Å². The molecular formula is C26H51NO3. The first kappa shape index (κ1) is 29.3. The summed E-state index contributed by atoms with van der Waals surface area (Å²) >= 11 is 0. The van der Waals surface area contributed by atoms with E-state index in [0.29, 0.717) is 19.6 Å². The molecule has 0 saturated carbocycles. The third-order valence-electron chi connectivity index (χ3n) is 5.47. The molecule has 0 bridgehead atoms. The quantitative estimate of drug-likeness (QED) is 0.156. The van der Waals surface area contributed by atoms with Gasteiger partial charge < -0.3 is 15.3 Å². The molecule has 0 aliphatic carbocycles. The van der Waals surface area contributed by atoms with E-state index in [2.05, 4.69) is 38.2 Å². The van der Waals surface area contributed by atoms with Crippen molar-refractivity contribution >= 4 is 0 Å². The Kier molecular flexibility index (Phi) is 22.5. The fraction of sp³-hybridized carbons (Fsp3) is 0.846. The van der Waals surface area contributed by atoms with Crippen molar-refractivity contribution in [1.82, 2.24) is 4.90 Å². The molecule has 0 aromatic carbocycles. The van der Waals surface area contributed by atoms with E-state index in [1.165, 1.54) is 51.4 Å². The number of aliphatic hydroxyl groups is 3. The van der Waals surface area contributed by atoms with Gasteiger partial charge in [0.1, 0.15) is 0 Å². The Hall–Kier alpha value is -0.680. The van der Waals surface area contributed by atoms with Crippen molar-refractivity contribution < 1.29 is 15.3 Å². The van der Waals surface area contributed by atoms with E-state index >= 15 is 0 Å². The van der Waals surface area contributed by atoms with Gasteiger partial charge >= 0.3 is 0 Å². The Morgan fingerprint density at radius 1 is 0.633 bits per heavy atom. The lowest BCUT2D eigenvalue weighted by Crippen LogP contribution is -2.39. The van der Waals surface area contributed by atoms with Crippen LogP contribution in [-0.4, -0.2) is 58.7 Å². The first-order valence-electron chi connectivity index (χ1n) is 12.6. The van der Waals surface area contributed by atoms with Gasteiger partial charge in [0.15, 0.2) is 0 Å². The van der Waals surface area contributed by atoms with Crippen molar-refractivity contribution in [3.8, 4) is 0 Å². The molecule has 0 aliphatic rings. The molecule has 0 saturated heterocycles. The normalized spacial score (nSPS) is 14.3. The van der Waals surface area contributed by atoms with Crippen LogP contribution >= 0.6 is 0 Å². The first-order chi connectivity index (χ1) is 14.6. The molecule has 0 rings (SSSR count). The molecule has 0 amide bonds. The highest BCUT2D eigenvalue weighted by atomic mass is 16.3. The van der Waals surface area contributed by atoms with Gasteiger partial charge in [-0.1, -0.05) is 76.7 Å². The third kappa shape index (κ3) is 20.6. The van der Waals surface area contributed by atoms with Crippen molar-refractivity contribution in [3.63, 3.8) is 0 Å². The number of allylic oxidation sites excluding steroid dienone is 4. The van der Waals surface area contributed by atoms with Crippen molar-refractivity contribution in [2.75, 3.05) is 26.2 Å². The Bertz CT molecular complexity index is 364. The first-order valence-corrected chi connectivity index (χ1v) is 12.6. The second-order valence-corrected chi connectivity index (χ2v) is 8.59. The van der Waals surface area contributed by atoms with Crippen LogP contribution in [0.2, 0.25) is 0 Å². The van der Waals surface area contributed by atoms with Gasteiger partial charge in [0.2, 0.25) is 0 Å². The summed E-state index contributed by atoms with van der Waals surface area (Å²) in [5.41, 5.74) is 0. The maximum atomic E-state index is 10.3. The maximum Gasteiger partial charge on any atom is 0.0670 e. The Morgan fingerprint density at radius 3 is 1.47 bits per heavy atom. The highest BCUT2D eigenvalue weighted by Crippen LogP contribution is 2.08. The molecule has 0 aromatic heterocycles. The second-order valence-electron chi connectivity index (χ2n) is 8.59. The summed E-state index contributed by atoms with van der Waals surface area (Å²) in [5.74, 6) is 0. The van der Waals surface area contributed by atoms with Gasteiger partial charge in [-0.3, -0.25) is 4.90 Å². The third-order valence-corrected chi connectivity index (χ3v) is 5.47. The van der Waals surface area contributed by atoms with Gasteiger partial charge in [-0.2, -0.15) is 0 Å². The maximum absolute atomic E-state index is 10.3. The summed E-state index contributed by atoms with van der Waals surface area (Å²) in [6.07, 6.45) is 23.7. The fourth-order valence-corrected chi connectivity index (χ4v) is 3.60. The van der Waals surface area contributed by atoms with Gasteiger partial charge in [0.25, 0.3) is 0 Å². The topological polar surface area (TPSA) is 63.9 Å². The van der Waals surface area contributed by atoms with E-state index in [4.69, 9.17) is 0 Å². The number of rotatable bonds is 22.